The maximum atomic E-state index is 12.3. The second-order valence-electron chi connectivity index (χ2n) is 5.76. The molecule has 5 nitrogen and oxygen atoms in total. The average Bonchev–Trinajstić information content (AvgIpc) is 2.60. The Morgan fingerprint density at radius 3 is 2.40 bits per heavy atom. The molecular formula is C19H19BrO5. The Bertz CT molecular complexity index is 770. The highest BCUT2D eigenvalue weighted by Crippen LogP contribution is 2.27. The van der Waals surface area contributed by atoms with E-state index < -0.39 is 11.9 Å². The Morgan fingerprint density at radius 1 is 1.04 bits per heavy atom. The number of hydrogen-bond acceptors (Lipinski definition) is 5. The van der Waals surface area contributed by atoms with Gasteiger partial charge < -0.3 is 14.2 Å². The molecule has 0 spiro atoms. The summed E-state index contributed by atoms with van der Waals surface area (Å²) in [5.74, 6) is 0.311. The summed E-state index contributed by atoms with van der Waals surface area (Å²) in [6, 6.07) is 11.2. The minimum absolute atomic E-state index is 0.268. The molecule has 0 aromatic heterocycles. The predicted octanol–water partition coefficient (Wildman–Crippen LogP) is 4.49. The van der Waals surface area contributed by atoms with E-state index in [1.165, 1.54) is 13.2 Å². The molecule has 0 unspecified atom stereocenters. The van der Waals surface area contributed by atoms with Gasteiger partial charge in [0.2, 0.25) is 0 Å². The van der Waals surface area contributed by atoms with Gasteiger partial charge >= 0.3 is 11.9 Å². The Morgan fingerprint density at radius 2 is 1.76 bits per heavy atom. The van der Waals surface area contributed by atoms with E-state index in [-0.39, 0.29) is 5.75 Å². The summed E-state index contributed by atoms with van der Waals surface area (Å²) in [5, 5.41) is 0. The molecule has 0 bridgehead atoms. The summed E-state index contributed by atoms with van der Waals surface area (Å²) >= 11 is 3.40. The van der Waals surface area contributed by atoms with E-state index in [0.29, 0.717) is 33.9 Å². The minimum Gasteiger partial charge on any atom is -0.492 e. The van der Waals surface area contributed by atoms with Gasteiger partial charge in [-0.1, -0.05) is 19.9 Å². The van der Waals surface area contributed by atoms with Crippen molar-refractivity contribution in [3.63, 3.8) is 0 Å². The Balaban J connectivity index is 2.11. The molecule has 6 heteroatoms. The number of benzene rings is 2. The summed E-state index contributed by atoms with van der Waals surface area (Å²) < 4.78 is 16.3. The third-order valence-corrected chi connectivity index (χ3v) is 3.83. The van der Waals surface area contributed by atoms with Crippen LogP contribution in [-0.2, 0) is 4.74 Å². The number of ether oxygens (including phenoxy) is 3. The van der Waals surface area contributed by atoms with Crippen molar-refractivity contribution < 1.29 is 23.8 Å². The summed E-state index contributed by atoms with van der Waals surface area (Å²) in [6.07, 6.45) is 0. The van der Waals surface area contributed by atoms with Gasteiger partial charge in [-0.25, -0.2) is 9.59 Å². The molecule has 0 N–H and O–H groups in total. The highest BCUT2D eigenvalue weighted by Gasteiger charge is 2.13. The molecule has 2 aromatic carbocycles. The summed E-state index contributed by atoms with van der Waals surface area (Å²) in [6.45, 7) is 4.70. The summed E-state index contributed by atoms with van der Waals surface area (Å²) in [5.41, 5.74) is 0.679. The van der Waals surface area contributed by atoms with Crippen LogP contribution < -0.4 is 9.47 Å². The maximum Gasteiger partial charge on any atom is 0.343 e. The fourth-order valence-corrected chi connectivity index (χ4v) is 2.46. The van der Waals surface area contributed by atoms with Crippen molar-refractivity contribution in [1.29, 1.82) is 0 Å². The number of esters is 2. The van der Waals surface area contributed by atoms with Crippen molar-refractivity contribution in [2.45, 2.75) is 13.8 Å². The zero-order valence-corrected chi connectivity index (χ0v) is 15.8. The van der Waals surface area contributed by atoms with Crippen LogP contribution in [0.1, 0.15) is 34.6 Å². The Kier molecular flexibility index (Phi) is 6.58. The highest BCUT2D eigenvalue weighted by atomic mass is 79.9. The number of hydrogen-bond donors (Lipinski definition) is 0. The number of rotatable bonds is 6. The summed E-state index contributed by atoms with van der Waals surface area (Å²) in [4.78, 5) is 23.8. The van der Waals surface area contributed by atoms with Crippen LogP contribution >= 0.6 is 15.9 Å². The lowest BCUT2D eigenvalue weighted by atomic mass is 10.2. The van der Waals surface area contributed by atoms with Gasteiger partial charge in [0.25, 0.3) is 0 Å². The van der Waals surface area contributed by atoms with Crippen molar-refractivity contribution in [1.82, 2.24) is 0 Å². The molecule has 0 heterocycles. The van der Waals surface area contributed by atoms with E-state index in [1.54, 1.807) is 36.4 Å². The van der Waals surface area contributed by atoms with E-state index >= 15 is 0 Å². The molecule has 0 saturated carbocycles. The van der Waals surface area contributed by atoms with E-state index in [4.69, 9.17) is 9.47 Å². The van der Waals surface area contributed by atoms with Crippen LogP contribution in [0.5, 0.6) is 11.5 Å². The molecular weight excluding hydrogens is 388 g/mol. The van der Waals surface area contributed by atoms with Crippen LogP contribution in [0.3, 0.4) is 0 Å². The Labute approximate surface area is 155 Å². The lowest BCUT2D eigenvalue weighted by Gasteiger charge is -2.11. The van der Waals surface area contributed by atoms with Gasteiger partial charge in [-0.05, 0) is 58.2 Å². The van der Waals surface area contributed by atoms with Crippen LogP contribution in [0.4, 0.5) is 0 Å². The van der Waals surface area contributed by atoms with E-state index in [0.717, 1.165) is 0 Å². The molecule has 0 fully saturated rings. The van der Waals surface area contributed by atoms with Crippen molar-refractivity contribution in [3.8, 4) is 11.5 Å². The van der Waals surface area contributed by atoms with Crippen molar-refractivity contribution >= 4 is 27.9 Å². The lowest BCUT2D eigenvalue weighted by Crippen LogP contribution is -2.10. The number of carbonyl (C=O) groups is 2. The number of halogens is 1. The molecule has 0 aliphatic rings. The first-order chi connectivity index (χ1) is 11.9. The number of carbonyl (C=O) groups excluding carboxylic acids is 2. The quantitative estimate of drug-likeness (QED) is 0.522. The lowest BCUT2D eigenvalue weighted by molar-refractivity contribution is 0.0597. The maximum absolute atomic E-state index is 12.3. The predicted molar refractivity (Wildman–Crippen MR) is 97.2 cm³/mol. The Hall–Kier alpha value is -2.34. The average molecular weight is 407 g/mol. The van der Waals surface area contributed by atoms with E-state index in [9.17, 15) is 9.59 Å². The van der Waals surface area contributed by atoms with E-state index in [1.807, 2.05) is 0 Å². The monoisotopic (exact) mass is 406 g/mol. The minimum atomic E-state index is -0.530. The van der Waals surface area contributed by atoms with Crippen LogP contribution in [0.15, 0.2) is 46.9 Å². The highest BCUT2D eigenvalue weighted by molar-refractivity contribution is 9.10. The molecule has 2 aromatic rings. The molecule has 132 valence electrons. The zero-order chi connectivity index (χ0) is 18.4. The first-order valence-corrected chi connectivity index (χ1v) is 8.53. The van der Waals surface area contributed by atoms with Crippen LogP contribution in [0.2, 0.25) is 0 Å². The second kappa shape index (κ2) is 8.67. The molecule has 2 rings (SSSR count). The topological polar surface area (TPSA) is 61.8 Å². The van der Waals surface area contributed by atoms with Gasteiger partial charge in [-0.3, -0.25) is 0 Å². The van der Waals surface area contributed by atoms with Crippen molar-refractivity contribution in [2.24, 2.45) is 5.92 Å². The largest absolute Gasteiger partial charge is 0.492 e. The fourth-order valence-electron chi connectivity index (χ4n) is 1.97. The normalized spacial score (nSPS) is 10.4. The van der Waals surface area contributed by atoms with Crippen LogP contribution in [0, 0.1) is 5.92 Å². The fraction of sp³-hybridized carbons (Fsp3) is 0.263. The van der Waals surface area contributed by atoms with E-state index in [2.05, 4.69) is 34.5 Å². The van der Waals surface area contributed by atoms with Gasteiger partial charge in [-0.2, -0.15) is 0 Å². The molecule has 0 aliphatic heterocycles. The standard InChI is InChI=1S/C19H19BrO5/c1-12(2)11-24-17-8-7-14(10-16(17)20)19(22)25-15-6-4-5-13(9-15)18(21)23-3/h4-10,12H,11H2,1-3H3. The van der Waals surface area contributed by atoms with Gasteiger partial charge in [0.05, 0.1) is 29.3 Å². The molecule has 0 atom stereocenters. The van der Waals surface area contributed by atoms with Crippen LogP contribution in [-0.4, -0.2) is 25.7 Å². The van der Waals surface area contributed by atoms with Crippen LogP contribution in [0.25, 0.3) is 0 Å². The van der Waals surface area contributed by atoms with Gasteiger partial charge in [0.1, 0.15) is 11.5 Å². The van der Waals surface area contributed by atoms with Crippen molar-refractivity contribution in [3.05, 3.63) is 58.1 Å². The molecule has 0 aliphatic carbocycles. The van der Waals surface area contributed by atoms with Gasteiger partial charge in [0, 0.05) is 0 Å². The first kappa shape index (κ1) is 19.0. The smallest absolute Gasteiger partial charge is 0.343 e. The third kappa shape index (κ3) is 5.32. The molecule has 25 heavy (non-hydrogen) atoms. The zero-order valence-electron chi connectivity index (χ0n) is 14.2. The van der Waals surface area contributed by atoms with Crippen molar-refractivity contribution in [2.75, 3.05) is 13.7 Å². The first-order valence-electron chi connectivity index (χ1n) is 7.73. The SMILES string of the molecule is COC(=O)c1cccc(OC(=O)c2ccc(OCC(C)C)c(Br)c2)c1. The second-order valence-corrected chi connectivity index (χ2v) is 6.61. The molecule has 0 saturated heterocycles. The molecule has 0 amide bonds. The van der Waals surface area contributed by atoms with Gasteiger partial charge in [0.15, 0.2) is 0 Å². The number of methoxy groups -OCH3 is 1. The molecule has 0 radical (unpaired) electrons. The van der Waals surface area contributed by atoms with Gasteiger partial charge in [-0.15, -0.1) is 0 Å². The third-order valence-electron chi connectivity index (χ3n) is 3.21. The summed E-state index contributed by atoms with van der Waals surface area (Å²) in [7, 11) is 1.29.